The first kappa shape index (κ1) is 74.7. The van der Waals surface area contributed by atoms with E-state index in [0.717, 1.165) is 146 Å². The number of hydrogen-bond acceptors (Lipinski definition) is 4. The predicted molar refractivity (Wildman–Crippen MR) is 541 cm³/mol. The van der Waals surface area contributed by atoms with Crippen molar-refractivity contribution in [3.63, 3.8) is 0 Å². The number of anilines is 6. The Morgan fingerprint density at radius 2 is 0.477 bits per heavy atom. The SMILES string of the molecule is CC(C)(C)c1cc(-c2ccccc2)c(N2c3ccccc3B3c4cc5c(cc4Oc4cc(-c6cccc7c6C6(c8ccccc8-c8ccccc86)c6ccccc6-7)cc2c43)Oc2cc(-c3cccc4c3C3(c6ccccc6-c6ccccc63)c3ccccc3-4)cc3c2B5c2ccccc2N3c2c(-c3ccccc3)cc(C(C)(C)C)cc2-c2ccccc2)c(-c2ccccc2)c1. The summed E-state index contributed by atoms with van der Waals surface area (Å²) < 4.78 is 16.4. The van der Waals surface area contributed by atoms with Gasteiger partial charge in [-0.3, -0.25) is 0 Å². The number of rotatable bonds is 8. The van der Waals surface area contributed by atoms with Crippen LogP contribution in [0.15, 0.2) is 413 Å². The van der Waals surface area contributed by atoms with Gasteiger partial charge >= 0.3 is 0 Å². The van der Waals surface area contributed by atoms with Crippen LogP contribution in [0.4, 0.5) is 34.1 Å². The molecule has 610 valence electrons. The van der Waals surface area contributed by atoms with Crippen LogP contribution in [-0.4, -0.2) is 13.4 Å². The number of hydrogen-bond donors (Lipinski definition) is 0. The molecule has 0 radical (unpaired) electrons. The van der Waals surface area contributed by atoms with Crippen molar-refractivity contribution in [1.29, 1.82) is 0 Å². The van der Waals surface area contributed by atoms with Crippen LogP contribution in [0.25, 0.3) is 111 Å². The molecule has 4 nitrogen and oxygen atoms in total. The van der Waals surface area contributed by atoms with Gasteiger partial charge in [0.15, 0.2) is 0 Å². The van der Waals surface area contributed by atoms with E-state index in [1.54, 1.807) is 0 Å². The van der Waals surface area contributed by atoms with Crippen LogP contribution in [0.1, 0.15) is 97.2 Å². The van der Waals surface area contributed by atoms with Crippen LogP contribution in [-0.2, 0) is 21.7 Å². The molecule has 4 aliphatic heterocycles. The lowest BCUT2D eigenvalue weighted by atomic mass is 9.31. The van der Waals surface area contributed by atoms with Crippen molar-refractivity contribution in [3.8, 4) is 134 Å². The highest BCUT2D eigenvalue weighted by atomic mass is 16.5. The van der Waals surface area contributed by atoms with Gasteiger partial charge in [0.2, 0.25) is 0 Å². The molecular formula is C124H86B2N2O2. The van der Waals surface area contributed by atoms with Gasteiger partial charge in [-0.2, -0.15) is 0 Å². The molecule has 0 unspecified atom stereocenters. The quantitative estimate of drug-likeness (QED) is 0.142. The van der Waals surface area contributed by atoms with E-state index < -0.39 is 10.8 Å². The van der Waals surface area contributed by atoms with Crippen molar-refractivity contribution < 1.29 is 9.47 Å². The summed E-state index contributed by atoms with van der Waals surface area (Å²) >= 11 is 0. The number of benzene rings is 19. The molecule has 27 rings (SSSR count). The van der Waals surface area contributed by atoms with Crippen molar-refractivity contribution in [2.75, 3.05) is 9.80 Å². The lowest BCUT2D eigenvalue weighted by molar-refractivity contribution is 0.466. The second-order valence-corrected chi connectivity index (χ2v) is 38.6. The van der Waals surface area contributed by atoms with Gasteiger partial charge in [-0.05, 0) is 249 Å². The third-order valence-electron chi connectivity index (χ3n) is 29.9. The fourth-order valence-electron chi connectivity index (χ4n) is 24.4. The molecule has 0 atom stereocenters. The van der Waals surface area contributed by atoms with Crippen molar-refractivity contribution in [1.82, 2.24) is 0 Å². The molecule has 0 fully saturated rings. The highest BCUT2D eigenvalue weighted by Crippen LogP contribution is 2.68. The zero-order valence-corrected chi connectivity index (χ0v) is 73.1. The molecule has 0 saturated heterocycles. The second kappa shape index (κ2) is 27.5. The minimum atomic E-state index is -0.651. The topological polar surface area (TPSA) is 24.9 Å². The highest BCUT2D eigenvalue weighted by Gasteiger charge is 2.56. The molecule has 130 heavy (non-hydrogen) atoms. The maximum absolute atomic E-state index is 8.21. The zero-order valence-electron chi connectivity index (χ0n) is 73.1. The van der Waals surface area contributed by atoms with Crippen LogP contribution in [0.2, 0.25) is 0 Å². The summed E-state index contributed by atoms with van der Waals surface area (Å²) in [4.78, 5) is 5.30. The maximum atomic E-state index is 8.21. The van der Waals surface area contributed by atoms with E-state index in [2.05, 4.69) is 464 Å². The molecule has 0 bridgehead atoms. The Bertz CT molecular complexity index is 7380. The second-order valence-electron chi connectivity index (χ2n) is 38.6. The molecule has 0 amide bonds. The lowest BCUT2D eigenvalue weighted by Crippen LogP contribution is -2.63. The predicted octanol–water partition coefficient (Wildman–Crippen LogP) is 27.8. The smallest absolute Gasteiger partial charge is 0.256 e. The number of para-hydroxylation sites is 2. The van der Waals surface area contributed by atoms with E-state index in [9.17, 15) is 0 Å². The van der Waals surface area contributed by atoms with Crippen LogP contribution < -0.4 is 52.1 Å². The Morgan fingerprint density at radius 1 is 0.208 bits per heavy atom. The molecule has 8 aliphatic rings. The molecule has 0 aromatic heterocycles. The van der Waals surface area contributed by atoms with Crippen LogP contribution in [0.3, 0.4) is 0 Å². The van der Waals surface area contributed by atoms with Gasteiger partial charge in [-0.1, -0.05) is 387 Å². The Balaban J connectivity index is 0.735. The molecule has 0 saturated carbocycles. The van der Waals surface area contributed by atoms with Gasteiger partial charge in [0, 0.05) is 51.1 Å². The zero-order chi connectivity index (χ0) is 86.4. The fourth-order valence-corrected chi connectivity index (χ4v) is 24.4. The minimum absolute atomic E-state index is 0.210. The Kier molecular flexibility index (Phi) is 15.8. The lowest BCUT2D eigenvalue weighted by Gasteiger charge is -2.44. The third-order valence-corrected chi connectivity index (χ3v) is 29.9. The van der Waals surface area contributed by atoms with Crippen molar-refractivity contribution in [2.24, 2.45) is 0 Å². The summed E-state index contributed by atoms with van der Waals surface area (Å²) in [7, 11) is 0. The molecule has 4 aliphatic carbocycles. The molecule has 0 N–H and O–H groups in total. The molecule has 19 aromatic rings. The van der Waals surface area contributed by atoms with Crippen LogP contribution in [0.5, 0.6) is 23.0 Å². The first-order chi connectivity index (χ1) is 63.8. The first-order valence-electron chi connectivity index (χ1n) is 45.9. The molecule has 19 aromatic carbocycles. The molecular weight excluding hydrogens is 1570 g/mol. The van der Waals surface area contributed by atoms with Gasteiger partial charge < -0.3 is 19.3 Å². The van der Waals surface area contributed by atoms with Gasteiger partial charge in [-0.25, -0.2) is 0 Å². The third kappa shape index (κ3) is 10.3. The van der Waals surface area contributed by atoms with E-state index in [4.69, 9.17) is 9.47 Å². The van der Waals surface area contributed by atoms with Crippen LogP contribution >= 0.6 is 0 Å². The monoisotopic (exact) mass is 1660 g/mol. The Labute approximate surface area is 759 Å². The number of nitrogens with zero attached hydrogens (tertiary/aromatic N) is 2. The van der Waals surface area contributed by atoms with Gasteiger partial charge in [0.05, 0.1) is 22.2 Å². The Hall–Kier alpha value is -15.5. The highest BCUT2D eigenvalue weighted by molar-refractivity contribution is 7.02. The largest absolute Gasteiger partial charge is 0.458 e. The molecule has 2 spiro atoms. The minimum Gasteiger partial charge on any atom is -0.458 e. The van der Waals surface area contributed by atoms with Crippen molar-refractivity contribution in [2.45, 2.75) is 63.2 Å². The normalized spacial score (nSPS) is 14.3. The summed E-state index contributed by atoms with van der Waals surface area (Å²) in [6.45, 7) is 13.4. The summed E-state index contributed by atoms with van der Waals surface area (Å²) in [5, 5.41) is 0. The van der Waals surface area contributed by atoms with E-state index in [-0.39, 0.29) is 24.3 Å². The Morgan fingerprint density at radius 3 is 0.792 bits per heavy atom. The maximum Gasteiger partial charge on any atom is 0.256 e. The van der Waals surface area contributed by atoms with Gasteiger partial charge in [0.25, 0.3) is 13.4 Å². The summed E-state index contributed by atoms with van der Waals surface area (Å²) in [5.41, 5.74) is 48.0. The van der Waals surface area contributed by atoms with E-state index in [0.29, 0.717) is 0 Å². The van der Waals surface area contributed by atoms with E-state index >= 15 is 0 Å². The van der Waals surface area contributed by atoms with E-state index in [1.165, 1.54) is 111 Å². The average Bonchev–Trinajstić information content (AvgIpc) is 1.54. The standard InChI is InChI=1S/C124H86B2N2O2/c1-121(2,3)81-69-93(75-37-11-7-12-38-75)119(94(70-81)76-39-13-8-14-40-76)127-107-63-33-31-61-103(107)125-105-73-106-112(74-111(105)129-113-67-79(65-109(127)117(113)125)83-51-35-53-91-89-49-23-29-59-101(89)123(115(83)91)97-55-25-19-45-85(97)86-46-20-26-56-98(86)123)130-114-68-80(84-52-36-54-92-90-50-24-30-60-102(90)124(116(84)92)99-57-27-21-47-87(99)88-48-22-28-58-100(88)124)66-110-118(114)126(106)104-62-32-34-64-108(104)128(110)120-95(77-41-15-9-16-42-77)71-82(122(4,5)6)72-96(120)78-43-17-10-18-44-78/h7-74H,1-6H3. The average molecular weight is 1660 g/mol. The summed E-state index contributed by atoms with van der Waals surface area (Å²) in [6, 6.07) is 157. The summed E-state index contributed by atoms with van der Waals surface area (Å²) in [5.74, 6) is 3.12. The number of fused-ring (bicyclic) bond motifs is 28. The van der Waals surface area contributed by atoms with Crippen molar-refractivity contribution >= 4 is 80.3 Å². The van der Waals surface area contributed by atoms with Crippen molar-refractivity contribution in [3.05, 3.63) is 468 Å². The number of ether oxygens (including phenoxy) is 2. The first-order valence-corrected chi connectivity index (χ1v) is 45.9. The summed E-state index contributed by atoms with van der Waals surface area (Å²) in [6.07, 6.45) is 0. The molecule has 4 heterocycles. The fraction of sp³-hybridized carbons (Fsp3) is 0.0806. The van der Waals surface area contributed by atoms with E-state index in [1.807, 2.05) is 0 Å². The molecule has 6 heteroatoms. The van der Waals surface area contributed by atoms with Crippen LogP contribution in [0, 0.1) is 0 Å². The van der Waals surface area contributed by atoms with Gasteiger partial charge in [0.1, 0.15) is 23.0 Å². The van der Waals surface area contributed by atoms with Gasteiger partial charge in [-0.15, -0.1) is 0 Å².